The molecule has 0 saturated carbocycles. The second-order valence-corrected chi connectivity index (χ2v) is 4.64. The molecule has 1 aliphatic heterocycles. The molecule has 0 spiro atoms. The molecule has 3 atom stereocenters. The molecule has 1 aromatic heterocycles. The van der Waals surface area contributed by atoms with Gasteiger partial charge in [0.1, 0.15) is 0 Å². The van der Waals surface area contributed by atoms with Crippen molar-refractivity contribution in [2.24, 2.45) is 0 Å². The van der Waals surface area contributed by atoms with Crippen LogP contribution in [0.15, 0.2) is 4.42 Å². The fraction of sp³-hybridized carbons (Fsp3) is 0.818. The molecule has 102 valence electrons. The summed E-state index contributed by atoms with van der Waals surface area (Å²) < 4.78 is 5.54. The lowest BCUT2D eigenvalue weighted by molar-refractivity contribution is 0.0572. The number of aliphatic hydroxyl groups excluding tert-OH is 2. The molecule has 2 heterocycles. The van der Waals surface area contributed by atoms with Crippen LogP contribution in [-0.4, -0.2) is 52.3 Å². The molecular formula is C11H20N4O3. The van der Waals surface area contributed by atoms with Crippen molar-refractivity contribution in [3.63, 3.8) is 0 Å². The Hall–Kier alpha value is -1.18. The van der Waals surface area contributed by atoms with Gasteiger partial charge in [-0.05, 0) is 19.9 Å². The Kier molecular flexibility index (Phi) is 4.15. The lowest BCUT2D eigenvalue weighted by Crippen LogP contribution is -2.22. The Morgan fingerprint density at radius 1 is 1.39 bits per heavy atom. The quantitative estimate of drug-likeness (QED) is 0.664. The highest BCUT2D eigenvalue weighted by atomic mass is 16.4. The summed E-state index contributed by atoms with van der Waals surface area (Å²) in [5.74, 6) is 0.523. The van der Waals surface area contributed by atoms with E-state index in [0.29, 0.717) is 25.0 Å². The zero-order valence-corrected chi connectivity index (χ0v) is 10.7. The fourth-order valence-electron chi connectivity index (χ4n) is 1.90. The minimum absolute atomic E-state index is 0.00338. The van der Waals surface area contributed by atoms with Crippen molar-refractivity contribution >= 4 is 6.01 Å². The number of aliphatic hydroxyl groups is 2. The highest BCUT2D eigenvalue weighted by Crippen LogP contribution is 2.21. The highest BCUT2D eigenvalue weighted by Gasteiger charge is 2.32. The topological polar surface area (TPSA) is 94.7 Å². The summed E-state index contributed by atoms with van der Waals surface area (Å²) in [6.45, 7) is 5.58. The molecule has 3 N–H and O–H groups in total. The first-order chi connectivity index (χ1) is 8.61. The smallest absolute Gasteiger partial charge is 0.318 e. The summed E-state index contributed by atoms with van der Waals surface area (Å²) in [4.78, 5) is 1.69. The summed E-state index contributed by atoms with van der Waals surface area (Å²) in [5, 5.41) is 30.1. The number of nitrogens with one attached hydrogen (secondary N) is 1. The van der Waals surface area contributed by atoms with Gasteiger partial charge in [-0.15, -0.1) is 5.10 Å². The normalized spacial score (nSPS) is 25.7. The maximum Gasteiger partial charge on any atom is 0.318 e. The Labute approximate surface area is 106 Å². The van der Waals surface area contributed by atoms with E-state index in [1.807, 2.05) is 6.92 Å². The molecule has 0 bridgehead atoms. The van der Waals surface area contributed by atoms with Crippen molar-refractivity contribution in [3.05, 3.63) is 5.89 Å². The second-order valence-electron chi connectivity index (χ2n) is 4.64. The molecule has 3 unspecified atom stereocenters. The molecule has 0 radical (unpaired) electrons. The van der Waals surface area contributed by atoms with Crippen molar-refractivity contribution in [1.29, 1.82) is 0 Å². The third kappa shape index (κ3) is 2.80. The van der Waals surface area contributed by atoms with E-state index in [9.17, 15) is 10.2 Å². The number of nitrogens with zero attached hydrogens (tertiary/aromatic N) is 3. The molecule has 2 rings (SSSR count). The molecule has 0 amide bonds. The first-order valence-electron chi connectivity index (χ1n) is 6.29. The van der Waals surface area contributed by atoms with Crippen LogP contribution in [-0.2, 0) is 0 Å². The molecular weight excluding hydrogens is 236 g/mol. The van der Waals surface area contributed by atoms with Crippen molar-refractivity contribution in [3.8, 4) is 0 Å². The van der Waals surface area contributed by atoms with Crippen LogP contribution in [0.1, 0.15) is 32.2 Å². The van der Waals surface area contributed by atoms with Crippen molar-refractivity contribution in [1.82, 2.24) is 15.5 Å². The van der Waals surface area contributed by atoms with Crippen molar-refractivity contribution in [2.75, 3.05) is 24.5 Å². The number of hydrogen-bond acceptors (Lipinski definition) is 7. The molecule has 1 fully saturated rings. The summed E-state index contributed by atoms with van der Waals surface area (Å²) in [6, 6.07) is 0.356. The Morgan fingerprint density at radius 3 is 2.67 bits per heavy atom. The number of β-amino-alcohol motifs (C(OH)–C–C–N with tert-alkyl or cyclic N) is 2. The van der Waals surface area contributed by atoms with Gasteiger partial charge in [-0.1, -0.05) is 12.0 Å². The minimum Gasteiger partial charge on any atom is -0.406 e. The van der Waals surface area contributed by atoms with Crippen LogP contribution >= 0.6 is 0 Å². The van der Waals surface area contributed by atoms with Gasteiger partial charge in [-0.25, -0.2) is 0 Å². The van der Waals surface area contributed by atoms with Gasteiger partial charge in [0, 0.05) is 0 Å². The van der Waals surface area contributed by atoms with Crippen molar-refractivity contribution in [2.45, 2.75) is 38.5 Å². The maximum absolute atomic E-state index is 9.47. The SMILES string of the molecule is CCCNC(C)c1nnc(N2CC(O)C(O)C2)o1. The molecule has 7 nitrogen and oxygen atoms in total. The van der Waals surface area contributed by atoms with Gasteiger partial charge in [0.2, 0.25) is 5.89 Å². The van der Waals surface area contributed by atoms with Crippen LogP contribution in [0.5, 0.6) is 0 Å². The van der Waals surface area contributed by atoms with E-state index >= 15 is 0 Å². The summed E-state index contributed by atoms with van der Waals surface area (Å²) in [7, 11) is 0. The monoisotopic (exact) mass is 256 g/mol. The Balaban J connectivity index is 1.98. The van der Waals surface area contributed by atoms with E-state index in [0.717, 1.165) is 13.0 Å². The van der Waals surface area contributed by atoms with Gasteiger partial charge in [0.25, 0.3) is 0 Å². The summed E-state index contributed by atoms with van der Waals surface area (Å²) in [6.07, 6.45) is -0.470. The Morgan fingerprint density at radius 2 is 2.06 bits per heavy atom. The number of rotatable bonds is 5. The Bertz CT molecular complexity index is 374. The standard InChI is InChI=1S/C11H20N4O3/c1-3-4-12-7(2)10-13-14-11(18-10)15-5-8(16)9(17)6-15/h7-9,12,16-17H,3-6H2,1-2H3. The van der Waals surface area contributed by atoms with Crippen molar-refractivity contribution < 1.29 is 14.6 Å². The fourth-order valence-corrected chi connectivity index (χ4v) is 1.90. The third-order valence-corrected chi connectivity index (χ3v) is 3.03. The van der Waals surface area contributed by atoms with E-state index in [2.05, 4.69) is 22.4 Å². The number of aromatic nitrogens is 2. The molecule has 18 heavy (non-hydrogen) atoms. The van der Waals surface area contributed by atoms with Gasteiger partial charge in [-0.2, -0.15) is 0 Å². The molecule has 1 aromatic rings. The zero-order valence-electron chi connectivity index (χ0n) is 10.7. The largest absolute Gasteiger partial charge is 0.406 e. The van der Waals surface area contributed by atoms with Gasteiger partial charge < -0.3 is 24.8 Å². The van der Waals surface area contributed by atoms with E-state index in [4.69, 9.17) is 4.42 Å². The van der Waals surface area contributed by atoms with Gasteiger partial charge in [-0.3, -0.25) is 0 Å². The highest BCUT2D eigenvalue weighted by molar-refractivity contribution is 5.28. The average molecular weight is 256 g/mol. The predicted octanol–water partition coefficient (Wildman–Crippen LogP) is -0.328. The van der Waals surface area contributed by atoms with Gasteiger partial charge >= 0.3 is 6.01 Å². The summed E-state index contributed by atoms with van der Waals surface area (Å²) >= 11 is 0. The van der Waals surface area contributed by atoms with E-state index < -0.39 is 12.2 Å². The van der Waals surface area contributed by atoms with E-state index in [1.165, 1.54) is 0 Å². The number of hydrogen-bond donors (Lipinski definition) is 3. The average Bonchev–Trinajstić information content (AvgIpc) is 2.94. The second kappa shape index (κ2) is 5.64. The predicted molar refractivity (Wildman–Crippen MR) is 65.2 cm³/mol. The van der Waals surface area contributed by atoms with Gasteiger partial charge in [0.05, 0.1) is 31.3 Å². The van der Waals surface area contributed by atoms with Crippen LogP contribution in [0.25, 0.3) is 0 Å². The first-order valence-corrected chi connectivity index (χ1v) is 6.29. The van der Waals surface area contributed by atoms with Crippen LogP contribution < -0.4 is 10.2 Å². The van der Waals surface area contributed by atoms with Crippen LogP contribution in [0.2, 0.25) is 0 Å². The van der Waals surface area contributed by atoms with Crippen LogP contribution in [0, 0.1) is 0 Å². The van der Waals surface area contributed by atoms with E-state index in [1.54, 1.807) is 4.90 Å². The lowest BCUT2D eigenvalue weighted by atomic mass is 10.3. The first kappa shape index (κ1) is 13.3. The number of anilines is 1. The van der Waals surface area contributed by atoms with Crippen LogP contribution in [0.4, 0.5) is 6.01 Å². The molecule has 0 aromatic carbocycles. The lowest BCUT2D eigenvalue weighted by Gasteiger charge is -2.11. The molecule has 1 saturated heterocycles. The maximum atomic E-state index is 9.47. The molecule has 0 aliphatic carbocycles. The third-order valence-electron chi connectivity index (χ3n) is 3.03. The summed E-state index contributed by atoms with van der Waals surface area (Å²) in [5.41, 5.74) is 0. The van der Waals surface area contributed by atoms with Crippen LogP contribution in [0.3, 0.4) is 0 Å². The zero-order chi connectivity index (χ0) is 13.1. The van der Waals surface area contributed by atoms with Gasteiger partial charge in [0.15, 0.2) is 0 Å². The minimum atomic E-state index is -0.754. The molecule has 7 heteroatoms. The van der Waals surface area contributed by atoms with E-state index in [-0.39, 0.29) is 6.04 Å². The molecule has 1 aliphatic rings.